The van der Waals surface area contributed by atoms with Gasteiger partial charge in [0.05, 0.1) is 5.54 Å². The van der Waals surface area contributed by atoms with Crippen molar-refractivity contribution in [1.82, 2.24) is 10.2 Å². The molecule has 0 bridgehead atoms. The van der Waals surface area contributed by atoms with Crippen molar-refractivity contribution >= 4 is 5.91 Å². The van der Waals surface area contributed by atoms with Gasteiger partial charge in [-0.25, -0.2) is 0 Å². The van der Waals surface area contributed by atoms with E-state index in [4.69, 9.17) is 0 Å². The predicted octanol–water partition coefficient (Wildman–Crippen LogP) is 0.607. The summed E-state index contributed by atoms with van der Waals surface area (Å²) in [6.07, 6.45) is 1.77. The van der Waals surface area contributed by atoms with Crippen LogP contribution in [0.15, 0.2) is 0 Å². The number of hydrogen-bond donors (Lipinski definition) is 1. The molecule has 2 rings (SSSR count). The van der Waals surface area contributed by atoms with Crippen LogP contribution in [0.4, 0.5) is 0 Å². The Balaban J connectivity index is 0.000000336. The van der Waals surface area contributed by atoms with Gasteiger partial charge in [0.25, 0.3) is 0 Å². The molecule has 2 aliphatic rings. The van der Waals surface area contributed by atoms with Crippen LogP contribution >= 0.6 is 0 Å². The lowest BCUT2D eigenvalue weighted by molar-refractivity contribution is -0.120. The van der Waals surface area contributed by atoms with Gasteiger partial charge in [0.1, 0.15) is 0 Å². The van der Waals surface area contributed by atoms with E-state index in [1.54, 1.807) is 0 Å². The minimum absolute atomic E-state index is 0.186. The lowest BCUT2D eigenvalue weighted by atomic mass is 9.89. The van der Waals surface area contributed by atoms with Crippen LogP contribution in [0.2, 0.25) is 0 Å². The Labute approximate surface area is 74.1 Å². The van der Waals surface area contributed by atoms with Crippen molar-refractivity contribution < 1.29 is 4.79 Å². The fourth-order valence-corrected chi connectivity index (χ4v) is 2.00. The molecular formula is C9H18N2O. The molecule has 70 valence electrons. The summed E-state index contributed by atoms with van der Waals surface area (Å²) in [6, 6.07) is 0. The molecule has 1 N–H and O–H groups in total. The van der Waals surface area contributed by atoms with Gasteiger partial charge in [-0.3, -0.25) is 4.79 Å². The molecule has 2 fully saturated rings. The van der Waals surface area contributed by atoms with Crippen molar-refractivity contribution in [3.63, 3.8) is 0 Å². The maximum absolute atomic E-state index is 10.8. The first kappa shape index (κ1) is 9.52. The van der Waals surface area contributed by atoms with E-state index in [9.17, 15) is 4.79 Å². The second-order valence-electron chi connectivity index (χ2n) is 3.50. The van der Waals surface area contributed by atoms with Gasteiger partial charge in [-0.1, -0.05) is 13.8 Å². The Bertz CT molecular complexity index is 173. The van der Waals surface area contributed by atoms with Crippen LogP contribution in [0.25, 0.3) is 0 Å². The number of carbonyl (C=O) groups is 1. The first-order valence-corrected chi connectivity index (χ1v) is 4.70. The average Bonchev–Trinajstić information content (AvgIpc) is 2.36. The van der Waals surface area contributed by atoms with Crippen LogP contribution in [0.3, 0.4) is 0 Å². The van der Waals surface area contributed by atoms with E-state index in [2.05, 4.69) is 17.3 Å². The van der Waals surface area contributed by atoms with Crippen LogP contribution in [-0.2, 0) is 4.79 Å². The monoisotopic (exact) mass is 170 g/mol. The summed E-state index contributed by atoms with van der Waals surface area (Å²) in [5.41, 5.74) is 0.186. The zero-order valence-corrected chi connectivity index (χ0v) is 8.18. The van der Waals surface area contributed by atoms with Gasteiger partial charge in [-0.2, -0.15) is 0 Å². The number of likely N-dealkylation sites (N-methyl/N-ethyl adjacent to an activating group) is 1. The Morgan fingerprint density at radius 2 is 2.00 bits per heavy atom. The van der Waals surface area contributed by atoms with E-state index in [-0.39, 0.29) is 11.4 Å². The largest absolute Gasteiger partial charge is 0.348 e. The van der Waals surface area contributed by atoms with Crippen molar-refractivity contribution in [3.8, 4) is 0 Å². The Morgan fingerprint density at radius 3 is 2.33 bits per heavy atom. The van der Waals surface area contributed by atoms with Crippen molar-refractivity contribution in [1.29, 1.82) is 0 Å². The number of nitrogens with zero attached hydrogens (tertiary/aromatic N) is 1. The molecule has 2 saturated heterocycles. The quantitative estimate of drug-likeness (QED) is 0.577. The molecule has 0 aromatic carbocycles. The number of likely N-dealkylation sites (tertiary alicyclic amines) is 1. The third kappa shape index (κ3) is 1.61. The number of carbonyl (C=O) groups excluding carboxylic acids is 1. The summed E-state index contributed by atoms with van der Waals surface area (Å²) in [5, 5.41) is 3.02. The second kappa shape index (κ2) is 3.44. The topological polar surface area (TPSA) is 32.3 Å². The van der Waals surface area contributed by atoms with E-state index < -0.39 is 0 Å². The maximum Gasteiger partial charge on any atom is 0.220 e. The summed E-state index contributed by atoms with van der Waals surface area (Å²) in [7, 11) is 2.08. The smallest absolute Gasteiger partial charge is 0.220 e. The van der Waals surface area contributed by atoms with E-state index >= 15 is 0 Å². The van der Waals surface area contributed by atoms with Gasteiger partial charge in [0.2, 0.25) is 5.91 Å². The predicted molar refractivity (Wildman–Crippen MR) is 49.0 cm³/mol. The fourth-order valence-electron chi connectivity index (χ4n) is 2.00. The lowest BCUT2D eigenvalue weighted by Gasteiger charge is -2.45. The molecule has 2 aliphatic heterocycles. The number of amides is 1. The highest BCUT2D eigenvalue weighted by atomic mass is 16.2. The Kier molecular flexibility index (Phi) is 2.73. The van der Waals surface area contributed by atoms with Gasteiger partial charge in [-0.15, -0.1) is 0 Å². The van der Waals surface area contributed by atoms with Crippen molar-refractivity contribution in [2.75, 3.05) is 20.1 Å². The highest BCUT2D eigenvalue weighted by Gasteiger charge is 2.45. The molecule has 0 saturated carbocycles. The van der Waals surface area contributed by atoms with Gasteiger partial charge in [0.15, 0.2) is 0 Å². The zero-order chi connectivity index (χ0) is 9.19. The van der Waals surface area contributed by atoms with Gasteiger partial charge in [0, 0.05) is 19.5 Å². The summed E-state index contributed by atoms with van der Waals surface area (Å²) in [6.45, 7) is 6.08. The van der Waals surface area contributed by atoms with Gasteiger partial charge in [-0.05, 0) is 13.5 Å². The van der Waals surface area contributed by atoms with Gasteiger partial charge >= 0.3 is 0 Å². The van der Waals surface area contributed by atoms with E-state index in [0.29, 0.717) is 0 Å². The maximum atomic E-state index is 10.8. The van der Waals surface area contributed by atoms with E-state index in [0.717, 1.165) is 25.9 Å². The third-order valence-corrected chi connectivity index (χ3v) is 2.38. The molecule has 0 atom stereocenters. The average molecular weight is 170 g/mol. The van der Waals surface area contributed by atoms with Crippen molar-refractivity contribution in [2.24, 2.45) is 0 Å². The fraction of sp³-hybridized carbons (Fsp3) is 0.889. The van der Waals surface area contributed by atoms with E-state index in [1.165, 1.54) is 0 Å². The van der Waals surface area contributed by atoms with Crippen LogP contribution in [0.1, 0.15) is 26.7 Å². The minimum atomic E-state index is 0.186. The first-order chi connectivity index (χ1) is 5.70. The zero-order valence-electron chi connectivity index (χ0n) is 8.18. The molecule has 0 unspecified atom stereocenters. The summed E-state index contributed by atoms with van der Waals surface area (Å²) in [5.74, 6) is 0.230. The molecule has 1 spiro atoms. The third-order valence-electron chi connectivity index (χ3n) is 2.38. The Morgan fingerprint density at radius 1 is 1.42 bits per heavy atom. The summed E-state index contributed by atoms with van der Waals surface area (Å²) in [4.78, 5) is 13.1. The van der Waals surface area contributed by atoms with Crippen LogP contribution in [-0.4, -0.2) is 36.5 Å². The van der Waals surface area contributed by atoms with Crippen LogP contribution in [0.5, 0.6) is 0 Å². The molecule has 2 heterocycles. The van der Waals surface area contributed by atoms with Crippen molar-refractivity contribution in [3.05, 3.63) is 0 Å². The molecule has 0 aromatic rings. The molecule has 1 amide bonds. The molecule has 12 heavy (non-hydrogen) atoms. The molecule has 0 aliphatic carbocycles. The Hall–Kier alpha value is -0.570. The minimum Gasteiger partial charge on any atom is -0.348 e. The highest BCUT2D eigenvalue weighted by Crippen LogP contribution is 2.28. The molecule has 3 heteroatoms. The van der Waals surface area contributed by atoms with Gasteiger partial charge < -0.3 is 10.2 Å². The second-order valence-corrected chi connectivity index (χ2v) is 3.50. The lowest BCUT2D eigenvalue weighted by Crippen LogP contribution is -2.65. The standard InChI is InChI=1S/C7H12N2O.C2H6/c1-9-4-7(5-9)3-2-6(10)8-7;1-2/h2-5H2,1H3,(H,8,10);1-2H3. The number of nitrogens with one attached hydrogen (secondary N) is 1. The van der Waals surface area contributed by atoms with E-state index in [1.807, 2.05) is 13.8 Å². The van der Waals surface area contributed by atoms with Crippen LogP contribution < -0.4 is 5.32 Å². The highest BCUT2D eigenvalue weighted by molar-refractivity contribution is 5.79. The first-order valence-electron chi connectivity index (χ1n) is 4.70. The SMILES string of the molecule is CC.CN1CC2(CCC(=O)N2)C1. The molecular weight excluding hydrogens is 152 g/mol. The molecule has 0 radical (unpaired) electrons. The van der Waals surface area contributed by atoms with Crippen molar-refractivity contribution in [2.45, 2.75) is 32.2 Å². The van der Waals surface area contributed by atoms with Crippen LogP contribution in [0, 0.1) is 0 Å². The summed E-state index contributed by atoms with van der Waals surface area (Å²) >= 11 is 0. The molecule has 3 nitrogen and oxygen atoms in total. The number of hydrogen-bond acceptors (Lipinski definition) is 2. The summed E-state index contributed by atoms with van der Waals surface area (Å²) < 4.78 is 0. The normalized spacial score (nSPS) is 25.8. The number of rotatable bonds is 0. The molecule has 0 aromatic heterocycles.